The first-order valence-corrected chi connectivity index (χ1v) is 36.9. The molecule has 648 valence electrons. The zero-order valence-electron chi connectivity index (χ0n) is 60.1. The number of halogens is 1. The van der Waals surface area contributed by atoms with Crippen molar-refractivity contribution in [3.8, 4) is 0 Å². The quantitative estimate of drug-likeness (QED) is 0.0606. The summed E-state index contributed by atoms with van der Waals surface area (Å²) in [5, 5.41) is 142. The molecule has 44 heteroatoms. The molecule has 0 aromatic rings. The Morgan fingerprint density at radius 3 is 0.955 bits per heavy atom. The summed E-state index contributed by atoms with van der Waals surface area (Å²) in [6.45, 7) is -1.01. The van der Waals surface area contributed by atoms with Gasteiger partial charge >= 0.3 is 0 Å². The minimum absolute atomic E-state index is 0. The van der Waals surface area contributed by atoms with Gasteiger partial charge in [0, 0.05) is 60.8 Å². The third-order valence-corrected chi connectivity index (χ3v) is 22.7. The average molecular weight is 1600 g/mol. The number of hydrogen-bond acceptors (Lipinski definition) is 43. The molecule has 3 saturated carbocycles. The highest BCUT2D eigenvalue weighted by Gasteiger charge is 2.58. The maximum Gasteiger partial charge on any atom is 0.187 e. The summed E-state index contributed by atoms with van der Waals surface area (Å²) in [5.74, 6) is 0. The summed E-state index contributed by atoms with van der Waals surface area (Å²) >= 11 is 0. The standard InChI is InChI=1S/C21H40FN5O9.C21H41N5O10.C21H41N5O9.3CH4/c1-27-14-16(31)18-11(32-21(14)36-20-10(29)3-6(23)12(5-28)33-20)4-9(26)19(35-18)34-17-8(25)2-7(24)15(30)13(17)22;1-26-13-15(30)18-11(32-21(13)36-20-10(28)3-6(22)12(5-27)33-20)4-9(25)19(35-18)34-17-8(24)2-7(23)14(29)16(17)31;1-26-16-17(30)18-14(32-21(16)35-20-12(29)3-9(24)15(6-27)33-20)4-10(25)19(34-18)31-13-5-11(28)7(22)2-8(13)23;;;/h6-21,27-31H,2-5,23-26H2,1H3;6-21,26-31H,2-5,22-25H2,1H3;7-21,26-30H,2-6,22-25H2,1H3;3*1H4/t6-,7+,8?,9?,10?,11-,12?,13+,14?,15?,16?,17+,18?,19-,20+,21?;6-,7+,8?,9?,10?,11-,12?,13?,14?,15?,16+,17+,18?,19-,20+,21?;7-,8?,9+,10?,11?,12?,13+,14+,15?,16?,17?,18?,19+,20-,21?;;;/m001.../s1. The molecule has 12 aliphatic rings. The predicted molar refractivity (Wildman–Crippen MR) is 383 cm³/mol. The Kier molecular flexibility index (Phi) is 36.2. The number of nitrogens with two attached hydrogens (primary N) is 12. The van der Waals surface area contributed by atoms with Crippen LogP contribution in [-0.2, 0) is 71.1 Å². The Morgan fingerprint density at radius 2 is 0.609 bits per heavy atom. The van der Waals surface area contributed by atoms with E-state index < -0.39 is 282 Å². The molecule has 12 fully saturated rings. The van der Waals surface area contributed by atoms with Crippen LogP contribution in [0.3, 0.4) is 0 Å². The molecule has 27 unspecified atom stereocenters. The van der Waals surface area contributed by atoms with Crippen LogP contribution in [-0.4, -0.2) is 395 Å². The van der Waals surface area contributed by atoms with E-state index in [0.29, 0.717) is 12.8 Å². The third-order valence-electron chi connectivity index (χ3n) is 22.7. The van der Waals surface area contributed by atoms with Crippen LogP contribution < -0.4 is 84.8 Å². The van der Waals surface area contributed by atoms with E-state index in [2.05, 4.69) is 16.0 Å². The molecule has 12 rings (SSSR count). The monoisotopic (exact) mass is 1600 g/mol. The van der Waals surface area contributed by atoms with E-state index in [-0.39, 0.29) is 99.5 Å². The highest BCUT2D eigenvalue weighted by molar-refractivity contribution is 5.06. The second kappa shape index (κ2) is 41.7. The van der Waals surface area contributed by atoms with Gasteiger partial charge in [0.15, 0.2) is 62.8 Å². The van der Waals surface area contributed by atoms with E-state index in [0.717, 1.165) is 0 Å². The maximum absolute atomic E-state index is 14.7. The molecule has 40 N–H and O–H groups in total. The van der Waals surface area contributed by atoms with Gasteiger partial charge in [-0.25, -0.2) is 4.39 Å². The van der Waals surface area contributed by atoms with Crippen molar-refractivity contribution in [2.45, 2.75) is 374 Å². The number of alkyl halides is 1. The lowest BCUT2D eigenvalue weighted by molar-refractivity contribution is -0.367. The van der Waals surface area contributed by atoms with Gasteiger partial charge in [-0.3, -0.25) is 0 Å². The summed E-state index contributed by atoms with van der Waals surface area (Å²) in [5.41, 5.74) is 72.3. The van der Waals surface area contributed by atoms with Crippen LogP contribution in [0.4, 0.5) is 4.39 Å². The first-order chi connectivity index (χ1) is 50.7. The Hall–Kier alpha value is -1.79. The lowest BCUT2D eigenvalue weighted by Gasteiger charge is -2.51. The van der Waals surface area contributed by atoms with E-state index >= 15 is 0 Å². The van der Waals surface area contributed by atoms with Gasteiger partial charge in [-0.05, 0) is 78.9 Å². The summed E-state index contributed by atoms with van der Waals surface area (Å²) < 4.78 is 103. The van der Waals surface area contributed by atoms with Crippen molar-refractivity contribution in [3.05, 3.63) is 0 Å². The average Bonchev–Trinajstić information content (AvgIpc) is 0.774. The van der Waals surface area contributed by atoms with Gasteiger partial charge in [-0.2, -0.15) is 0 Å². The van der Waals surface area contributed by atoms with E-state index in [1.165, 1.54) is 0 Å². The van der Waals surface area contributed by atoms with Gasteiger partial charge in [0.05, 0.1) is 111 Å². The fourth-order valence-electron chi connectivity index (χ4n) is 16.2. The number of aliphatic hydroxyl groups is 13. The Morgan fingerprint density at radius 1 is 0.291 bits per heavy atom. The lowest BCUT2D eigenvalue weighted by Crippen LogP contribution is -2.69. The van der Waals surface area contributed by atoms with Crippen molar-refractivity contribution < 1.29 is 142 Å². The van der Waals surface area contributed by atoms with Crippen molar-refractivity contribution in [2.75, 3.05) is 41.0 Å². The van der Waals surface area contributed by atoms with Crippen molar-refractivity contribution in [3.63, 3.8) is 0 Å². The van der Waals surface area contributed by atoms with Crippen LogP contribution in [0.2, 0.25) is 0 Å². The van der Waals surface area contributed by atoms with Crippen molar-refractivity contribution >= 4 is 0 Å². The molecule has 0 aromatic carbocycles. The molecule has 47 atom stereocenters. The fourth-order valence-corrected chi connectivity index (χ4v) is 16.2. The fraction of sp³-hybridized carbons (Fsp3) is 1.00. The summed E-state index contributed by atoms with van der Waals surface area (Å²) in [6.07, 6.45) is -29.8. The van der Waals surface area contributed by atoms with Gasteiger partial charge in [-0.15, -0.1) is 0 Å². The normalized spacial score (nSPS) is 52.4. The minimum atomic E-state index is -1.83. The Bertz CT molecular complexity index is 2590. The van der Waals surface area contributed by atoms with Crippen LogP contribution in [0.25, 0.3) is 0 Å². The molecule has 0 bridgehead atoms. The maximum atomic E-state index is 14.7. The predicted octanol–water partition coefficient (Wildman–Crippen LogP) is -13.8. The highest BCUT2D eigenvalue weighted by Crippen LogP contribution is 2.40. The van der Waals surface area contributed by atoms with Gasteiger partial charge in [-0.1, -0.05) is 22.3 Å². The zero-order chi connectivity index (χ0) is 78.1. The molecule has 110 heavy (non-hydrogen) atoms. The molecule has 0 radical (unpaired) electrons. The van der Waals surface area contributed by atoms with Crippen molar-refractivity contribution in [1.29, 1.82) is 0 Å². The number of nitrogens with one attached hydrogen (secondary N) is 3. The summed E-state index contributed by atoms with van der Waals surface area (Å²) in [4.78, 5) is 0. The molecule has 43 nitrogen and oxygen atoms in total. The molecule has 9 saturated heterocycles. The van der Waals surface area contributed by atoms with Crippen LogP contribution in [0.1, 0.15) is 86.5 Å². The van der Waals surface area contributed by atoms with Crippen LogP contribution in [0.5, 0.6) is 0 Å². The van der Waals surface area contributed by atoms with Crippen LogP contribution in [0.15, 0.2) is 0 Å². The van der Waals surface area contributed by atoms with E-state index in [1.807, 2.05) is 0 Å². The molecule has 0 spiro atoms. The number of hydrogen-bond donors (Lipinski definition) is 28. The molecule has 9 aliphatic heterocycles. The van der Waals surface area contributed by atoms with Crippen molar-refractivity contribution in [2.24, 2.45) is 68.8 Å². The molecule has 0 aromatic heterocycles. The molecule has 0 amide bonds. The molecule has 3 aliphatic carbocycles. The van der Waals surface area contributed by atoms with Gasteiger partial charge in [0.2, 0.25) is 0 Å². The van der Waals surface area contributed by atoms with Gasteiger partial charge in [0.1, 0.15) is 79.4 Å². The molecular weight excluding hydrogens is 1470 g/mol. The van der Waals surface area contributed by atoms with Crippen molar-refractivity contribution in [1.82, 2.24) is 16.0 Å². The lowest BCUT2D eigenvalue weighted by atomic mass is 9.84. The smallest absolute Gasteiger partial charge is 0.187 e. The molecule has 9 heterocycles. The van der Waals surface area contributed by atoms with E-state index in [9.17, 15) is 70.8 Å². The zero-order valence-corrected chi connectivity index (χ0v) is 60.1. The van der Waals surface area contributed by atoms with Crippen LogP contribution in [0, 0.1) is 0 Å². The van der Waals surface area contributed by atoms with Crippen LogP contribution >= 0.6 is 0 Å². The minimum Gasteiger partial charge on any atom is -0.394 e. The SMILES string of the molecule is C.C.C.CNC1C(O[C@H]2OC(CO)[C@@H](N)CC2O)O[C@H]2CC(N)[C@@H](O[C@@H]3C(N)C[C@@H](N)C(O)[C@H]3F)OC2C1O.CNC1C(O[C@H]2OC(CO)[C@@H](N)CC2O)O[C@H]2CC(N)[C@@H](O[C@@H]3C(N)C[C@@H](N)C(O)[C@H]3O)OC2C1O.CNC1C(O[C@H]2OC(CO)[C@@H](N)CC2O)O[C@H]2CC(N)[C@@H](O[C@H]3CC(O)[C@H](N)CC3N)OC2C1O. The topological polar surface area (TPSA) is 750 Å². The number of aliphatic hydroxyl groups excluding tert-OH is 13. The number of likely N-dealkylation sites (N-methyl/N-ethyl adjacent to an activating group) is 3. The second-order valence-electron chi connectivity index (χ2n) is 30.4. The van der Waals surface area contributed by atoms with E-state index in [1.54, 1.807) is 21.1 Å². The third kappa shape index (κ3) is 21.4. The summed E-state index contributed by atoms with van der Waals surface area (Å²) in [7, 11) is 4.82. The number of rotatable bonds is 18. The first-order valence-electron chi connectivity index (χ1n) is 36.9. The molecular formula is C66H134FN15O28. The number of fused-ring (bicyclic) bond motifs is 3. The second-order valence-corrected chi connectivity index (χ2v) is 30.4. The highest BCUT2D eigenvalue weighted by atomic mass is 19.1. The largest absolute Gasteiger partial charge is 0.394 e. The Balaban J connectivity index is 0.000000226. The first kappa shape index (κ1) is 95.4. The number of ether oxygens (including phenoxy) is 15. The Labute approximate surface area is 639 Å². The van der Waals surface area contributed by atoms with E-state index in [4.69, 9.17) is 140 Å². The van der Waals surface area contributed by atoms with Gasteiger partial charge < -0.3 is 222 Å². The summed E-state index contributed by atoms with van der Waals surface area (Å²) in [6, 6.07) is -9.78. The van der Waals surface area contributed by atoms with Gasteiger partial charge in [0.25, 0.3) is 0 Å².